The maximum atomic E-state index is 10.5. The molecule has 1 aliphatic rings. The third-order valence-corrected chi connectivity index (χ3v) is 3.79. The lowest BCUT2D eigenvalue weighted by molar-refractivity contribution is -0.0324. The maximum absolute atomic E-state index is 10.5. The van der Waals surface area contributed by atoms with Gasteiger partial charge in [-0.15, -0.1) is 0 Å². The van der Waals surface area contributed by atoms with Crippen LogP contribution >= 0.6 is 0 Å². The third-order valence-electron chi connectivity index (χ3n) is 3.79. The molecule has 19 heavy (non-hydrogen) atoms. The number of rotatable bonds is 2. The number of fused-ring (bicyclic) bond motifs is 1. The van der Waals surface area contributed by atoms with Crippen molar-refractivity contribution in [1.29, 1.82) is 5.26 Å². The van der Waals surface area contributed by atoms with Crippen LogP contribution < -0.4 is 0 Å². The van der Waals surface area contributed by atoms with Crippen molar-refractivity contribution >= 4 is 5.65 Å². The number of imidazole rings is 1. The molecule has 0 amide bonds. The molecule has 1 fully saturated rings. The van der Waals surface area contributed by atoms with E-state index in [2.05, 4.69) is 11.1 Å². The quantitative estimate of drug-likeness (QED) is 0.888. The number of ether oxygens (including phenoxy) is 1. The maximum Gasteiger partial charge on any atom is 0.137 e. The number of nitriles is 1. The van der Waals surface area contributed by atoms with Crippen molar-refractivity contribution in [1.82, 2.24) is 9.38 Å². The Bertz CT molecular complexity index is 590. The molecular weight excluding hydrogens is 242 g/mol. The average molecular weight is 257 g/mol. The van der Waals surface area contributed by atoms with Gasteiger partial charge in [0, 0.05) is 25.6 Å². The van der Waals surface area contributed by atoms with Crippen molar-refractivity contribution in [2.75, 3.05) is 13.2 Å². The van der Waals surface area contributed by atoms with Gasteiger partial charge in [0.2, 0.25) is 0 Å². The second-order valence-electron chi connectivity index (χ2n) is 4.91. The van der Waals surface area contributed by atoms with Gasteiger partial charge in [-0.25, -0.2) is 4.98 Å². The molecular formula is C14H15N3O2. The monoisotopic (exact) mass is 257 g/mol. The summed E-state index contributed by atoms with van der Waals surface area (Å²) in [6.45, 7) is 1.02. The normalized spacial score (nSPS) is 20.0. The number of hydrogen-bond donors (Lipinski definition) is 1. The first-order chi connectivity index (χ1) is 9.25. The molecule has 1 aliphatic heterocycles. The molecule has 0 radical (unpaired) electrons. The first kappa shape index (κ1) is 12.2. The minimum absolute atomic E-state index is 0.512. The van der Waals surface area contributed by atoms with Crippen LogP contribution in [0.15, 0.2) is 30.6 Å². The zero-order valence-corrected chi connectivity index (χ0v) is 10.5. The van der Waals surface area contributed by atoms with Crippen molar-refractivity contribution < 1.29 is 9.84 Å². The van der Waals surface area contributed by atoms with Gasteiger partial charge in [-0.3, -0.25) is 0 Å². The van der Waals surface area contributed by atoms with Crippen molar-refractivity contribution in [2.24, 2.45) is 5.41 Å². The summed E-state index contributed by atoms with van der Waals surface area (Å²) in [4.78, 5) is 4.40. The Kier molecular flexibility index (Phi) is 2.97. The summed E-state index contributed by atoms with van der Waals surface area (Å²) in [5.41, 5.74) is 0.544. The standard InChI is InChI=1S/C14H15N3O2/c15-10-14(4-7-19-8-5-14)13(18)11-9-17-6-2-1-3-12(17)16-11/h1-3,6,9,13,18H,4-5,7-8H2. The van der Waals surface area contributed by atoms with E-state index in [1.807, 2.05) is 28.8 Å². The Morgan fingerprint density at radius 1 is 1.42 bits per heavy atom. The first-order valence-electron chi connectivity index (χ1n) is 6.36. The Morgan fingerprint density at radius 3 is 2.89 bits per heavy atom. The summed E-state index contributed by atoms with van der Waals surface area (Å²) in [6.07, 6.45) is 3.87. The Balaban J connectivity index is 1.98. The molecule has 2 aromatic rings. The van der Waals surface area contributed by atoms with E-state index in [1.54, 1.807) is 6.20 Å². The van der Waals surface area contributed by atoms with Gasteiger partial charge in [-0.05, 0) is 25.0 Å². The second-order valence-corrected chi connectivity index (χ2v) is 4.91. The highest BCUT2D eigenvalue weighted by molar-refractivity contribution is 5.40. The van der Waals surface area contributed by atoms with E-state index in [0.29, 0.717) is 31.7 Å². The van der Waals surface area contributed by atoms with E-state index in [4.69, 9.17) is 4.74 Å². The number of aliphatic hydroxyl groups is 1. The fourth-order valence-electron chi connectivity index (χ4n) is 2.55. The highest BCUT2D eigenvalue weighted by Gasteiger charge is 2.41. The lowest BCUT2D eigenvalue weighted by Crippen LogP contribution is -2.34. The van der Waals surface area contributed by atoms with Crippen LogP contribution in [0.2, 0.25) is 0 Å². The van der Waals surface area contributed by atoms with Gasteiger partial charge < -0.3 is 14.2 Å². The largest absolute Gasteiger partial charge is 0.385 e. The molecule has 1 N–H and O–H groups in total. The van der Waals surface area contributed by atoms with Crippen LogP contribution in [0.3, 0.4) is 0 Å². The topological polar surface area (TPSA) is 70.5 Å². The van der Waals surface area contributed by atoms with E-state index >= 15 is 0 Å². The van der Waals surface area contributed by atoms with Crippen LogP contribution in [-0.4, -0.2) is 27.7 Å². The lowest BCUT2D eigenvalue weighted by Gasteiger charge is -2.33. The summed E-state index contributed by atoms with van der Waals surface area (Å²) in [7, 11) is 0. The van der Waals surface area contributed by atoms with E-state index in [0.717, 1.165) is 5.65 Å². The number of aromatic nitrogens is 2. The zero-order valence-electron chi connectivity index (χ0n) is 10.5. The van der Waals surface area contributed by atoms with Crippen LogP contribution in [0.4, 0.5) is 0 Å². The average Bonchev–Trinajstić information content (AvgIpc) is 2.91. The molecule has 1 unspecified atom stereocenters. The number of nitrogens with zero attached hydrogens (tertiary/aromatic N) is 3. The molecule has 0 bridgehead atoms. The number of aliphatic hydroxyl groups excluding tert-OH is 1. The highest BCUT2D eigenvalue weighted by atomic mass is 16.5. The Morgan fingerprint density at radius 2 is 2.21 bits per heavy atom. The van der Waals surface area contributed by atoms with E-state index in [-0.39, 0.29) is 0 Å². The Labute approximate surface area is 111 Å². The van der Waals surface area contributed by atoms with Gasteiger partial charge in [0.1, 0.15) is 11.8 Å². The van der Waals surface area contributed by atoms with Gasteiger partial charge in [-0.1, -0.05) is 6.07 Å². The Hall–Kier alpha value is -1.90. The number of hydrogen-bond acceptors (Lipinski definition) is 4. The first-order valence-corrected chi connectivity index (χ1v) is 6.36. The predicted molar refractivity (Wildman–Crippen MR) is 68.3 cm³/mol. The van der Waals surface area contributed by atoms with Gasteiger partial charge in [-0.2, -0.15) is 5.26 Å². The smallest absolute Gasteiger partial charge is 0.137 e. The van der Waals surface area contributed by atoms with Gasteiger partial charge in [0.05, 0.1) is 17.2 Å². The molecule has 0 aliphatic carbocycles. The molecule has 3 rings (SSSR count). The zero-order chi connectivity index (χ0) is 13.3. The molecule has 1 atom stereocenters. The highest BCUT2D eigenvalue weighted by Crippen LogP contribution is 2.41. The van der Waals surface area contributed by atoms with Crippen molar-refractivity contribution in [3.8, 4) is 6.07 Å². The van der Waals surface area contributed by atoms with E-state index in [1.165, 1.54) is 0 Å². The molecule has 1 saturated heterocycles. The predicted octanol–water partition coefficient (Wildman–Crippen LogP) is 1.69. The van der Waals surface area contributed by atoms with Gasteiger partial charge >= 0.3 is 0 Å². The van der Waals surface area contributed by atoms with Crippen LogP contribution in [-0.2, 0) is 4.74 Å². The fourth-order valence-corrected chi connectivity index (χ4v) is 2.55. The van der Waals surface area contributed by atoms with Gasteiger partial charge in [0.25, 0.3) is 0 Å². The summed E-state index contributed by atoms with van der Waals surface area (Å²) < 4.78 is 7.13. The minimum Gasteiger partial charge on any atom is -0.385 e. The van der Waals surface area contributed by atoms with Crippen LogP contribution in [0, 0.1) is 16.7 Å². The summed E-state index contributed by atoms with van der Waals surface area (Å²) in [5.74, 6) is 0. The van der Waals surface area contributed by atoms with Gasteiger partial charge in [0.15, 0.2) is 0 Å². The molecule has 3 heterocycles. The minimum atomic E-state index is -0.874. The van der Waals surface area contributed by atoms with Crippen LogP contribution in [0.25, 0.3) is 5.65 Å². The molecule has 0 aromatic carbocycles. The number of pyridine rings is 1. The summed E-state index contributed by atoms with van der Waals surface area (Å²) in [6, 6.07) is 7.95. The van der Waals surface area contributed by atoms with Crippen molar-refractivity contribution in [3.05, 3.63) is 36.3 Å². The fraction of sp³-hybridized carbons (Fsp3) is 0.429. The molecule has 5 nitrogen and oxygen atoms in total. The van der Waals surface area contributed by atoms with Crippen LogP contribution in [0.1, 0.15) is 24.6 Å². The SMILES string of the molecule is N#CC1(C(O)c2cn3ccccc3n2)CCOCC1. The molecule has 98 valence electrons. The molecule has 2 aromatic heterocycles. The molecule has 0 saturated carbocycles. The molecule has 5 heteroatoms. The van der Waals surface area contributed by atoms with Crippen molar-refractivity contribution in [2.45, 2.75) is 18.9 Å². The van der Waals surface area contributed by atoms with E-state index < -0.39 is 11.5 Å². The second kappa shape index (κ2) is 4.65. The molecule has 0 spiro atoms. The lowest BCUT2D eigenvalue weighted by atomic mass is 9.75. The summed E-state index contributed by atoms with van der Waals surface area (Å²) >= 11 is 0. The summed E-state index contributed by atoms with van der Waals surface area (Å²) in [5, 5.41) is 20.0. The van der Waals surface area contributed by atoms with E-state index in [9.17, 15) is 10.4 Å². The van der Waals surface area contributed by atoms with Crippen molar-refractivity contribution in [3.63, 3.8) is 0 Å². The third kappa shape index (κ3) is 1.99. The van der Waals surface area contributed by atoms with Crippen LogP contribution in [0.5, 0.6) is 0 Å².